The third kappa shape index (κ3) is 4.32. The Kier molecular flexibility index (Phi) is 5.59. The zero-order chi connectivity index (χ0) is 17.6. The lowest BCUT2D eigenvalue weighted by Crippen LogP contribution is -2.49. The molecule has 1 heterocycles. The molecule has 1 saturated heterocycles. The Morgan fingerprint density at radius 3 is 2.20 bits per heavy atom. The number of aryl methyl sites for hydroxylation is 2. The molecule has 1 aliphatic heterocycles. The van der Waals surface area contributed by atoms with Crippen molar-refractivity contribution in [2.45, 2.75) is 20.3 Å². The third-order valence-electron chi connectivity index (χ3n) is 4.72. The van der Waals surface area contributed by atoms with Crippen LogP contribution in [-0.2, 0) is 4.79 Å². The quantitative estimate of drug-likeness (QED) is 0.837. The standard InChI is InChI=1S/C21H26N2O2/c1-17-7-6-8-18(2)21(17)23-14-12-22(13-15-23)20(24)11-16-25-19-9-4-3-5-10-19/h3-10H,11-16H2,1-2H3. The molecule has 25 heavy (non-hydrogen) atoms. The van der Waals surface area contributed by atoms with Crippen LogP contribution in [0.2, 0.25) is 0 Å². The van der Waals surface area contributed by atoms with E-state index < -0.39 is 0 Å². The summed E-state index contributed by atoms with van der Waals surface area (Å²) in [4.78, 5) is 16.7. The van der Waals surface area contributed by atoms with E-state index in [4.69, 9.17) is 4.74 Å². The van der Waals surface area contributed by atoms with Crippen LogP contribution in [-0.4, -0.2) is 43.6 Å². The molecule has 1 aliphatic rings. The first kappa shape index (κ1) is 17.3. The minimum Gasteiger partial charge on any atom is -0.493 e. The van der Waals surface area contributed by atoms with E-state index in [0.717, 1.165) is 31.9 Å². The van der Waals surface area contributed by atoms with Gasteiger partial charge in [0, 0.05) is 31.9 Å². The minimum atomic E-state index is 0.178. The molecule has 0 radical (unpaired) electrons. The molecule has 0 unspecified atom stereocenters. The lowest BCUT2D eigenvalue weighted by molar-refractivity contribution is -0.132. The number of piperazine rings is 1. The third-order valence-corrected chi connectivity index (χ3v) is 4.72. The van der Waals surface area contributed by atoms with Crippen molar-refractivity contribution in [3.8, 4) is 5.75 Å². The number of hydrogen-bond acceptors (Lipinski definition) is 3. The van der Waals surface area contributed by atoms with Crippen LogP contribution in [0.25, 0.3) is 0 Å². The molecule has 0 bridgehead atoms. The molecule has 3 rings (SSSR count). The van der Waals surface area contributed by atoms with Crippen LogP contribution in [0.5, 0.6) is 5.75 Å². The average Bonchev–Trinajstić information content (AvgIpc) is 2.63. The highest BCUT2D eigenvalue weighted by Gasteiger charge is 2.22. The van der Waals surface area contributed by atoms with Gasteiger partial charge in [0.25, 0.3) is 0 Å². The molecule has 0 aromatic heterocycles. The second kappa shape index (κ2) is 8.06. The fourth-order valence-corrected chi connectivity index (χ4v) is 3.41. The number of rotatable bonds is 5. The molecule has 0 N–H and O–H groups in total. The summed E-state index contributed by atoms with van der Waals surface area (Å²) in [6.45, 7) is 8.06. The van der Waals surface area contributed by atoms with Crippen LogP contribution in [0.1, 0.15) is 17.5 Å². The Morgan fingerprint density at radius 2 is 1.56 bits per heavy atom. The largest absolute Gasteiger partial charge is 0.493 e. The van der Waals surface area contributed by atoms with Gasteiger partial charge >= 0.3 is 0 Å². The van der Waals surface area contributed by atoms with Gasteiger partial charge in [-0.05, 0) is 37.1 Å². The maximum absolute atomic E-state index is 12.4. The van der Waals surface area contributed by atoms with Crippen molar-refractivity contribution in [3.05, 3.63) is 59.7 Å². The van der Waals surface area contributed by atoms with Crippen molar-refractivity contribution >= 4 is 11.6 Å². The Balaban J connectivity index is 1.48. The van der Waals surface area contributed by atoms with Gasteiger partial charge in [0.2, 0.25) is 5.91 Å². The van der Waals surface area contributed by atoms with Crippen molar-refractivity contribution in [1.29, 1.82) is 0 Å². The highest BCUT2D eigenvalue weighted by atomic mass is 16.5. The number of benzene rings is 2. The first-order chi connectivity index (χ1) is 12.1. The molecular formula is C21H26N2O2. The van der Waals surface area contributed by atoms with E-state index in [-0.39, 0.29) is 5.91 Å². The topological polar surface area (TPSA) is 32.8 Å². The molecule has 0 saturated carbocycles. The van der Waals surface area contributed by atoms with Gasteiger partial charge in [0.15, 0.2) is 0 Å². The predicted molar refractivity (Wildman–Crippen MR) is 101 cm³/mol. The maximum Gasteiger partial charge on any atom is 0.226 e. The van der Waals surface area contributed by atoms with Gasteiger partial charge in [0.05, 0.1) is 13.0 Å². The summed E-state index contributed by atoms with van der Waals surface area (Å²) in [5.41, 5.74) is 3.93. The lowest BCUT2D eigenvalue weighted by atomic mass is 10.1. The zero-order valence-corrected chi connectivity index (χ0v) is 15.1. The first-order valence-electron chi connectivity index (χ1n) is 8.92. The molecule has 132 valence electrons. The number of carbonyl (C=O) groups is 1. The second-order valence-corrected chi connectivity index (χ2v) is 6.52. The Hall–Kier alpha value is -2.49. The van der Waals surface area contributed by atoms with Gasteiger partial charge in [-0.2, -0.15) is 0 Å². The van der Waals surface area contributed by atoms with E-state index >= 15 is 0 Å². The lowest BCUT2D eigenvalue weighted by Gasteiger charge is -2.37. The Morgan fingerprint density at radius 1 is 0.920 bits per heavy atom. The van der Waals surface area contributed by atoms with Crippen LogP contribution in [0.4, 0.5) is 5.69 Å². The van der Waals surface area contributed by atoms with Crippen LogP contribution in [0.15, 0.2) is 48.5 Å². The van der Waals surface area contributed by atoms with Gasteiger partial charge in [-0.3, -0.25) is 4.79 Å². The van der Waals surface area contributed by atoms with Gasteiger partial charge in [-0.15, -0.1) is 0 Å². The molecule has 2 aromatic rings. The SMILES string of the molecule is Cc1cccc(C)c1N1CCN(C(=O)CCOc2ccccc2)CC1. The summed E-state index contributed by atoms with van der Waals surface area (Å²) in [6, 6.07) is 16.0. The highest BCUT2D eigenvalue weighted by Crippen LogP contribution is 2.25. The molecule has 0 spiro atoms. The van der Waals surface area contributed by atoms with E-state index in [1.54, 1.807) is 0 Å². The number of para-hydroxylation sites is 2. The van der Waals surface area contributed by atoms with Crippen LogP contribution < -0.4 is 9.64 Å². The Bertz CT molecular complexity index is 687. The van der Waals surface area contributed by atoms with E-state index in [2.05, 4.69) is 36.9 Å². The van der Waals surface area contributed by atoms with E-state index in [9.17, 15) is 4.79 Å². The minimum absolute atomic E-state index is 0.178. The van der Waals surface area contributed by atoms with Crippen molar-refractivity contribution in [1.82, 2.24) is 4.90 Å². The monoisotopic (exact) mass is 338 g/mol. The smallest absolute Gasteiger partial charge is 0.226 e. The van der Waals surface area contributed by atoms with Crippen LogP contribution in [0.3, 0.4) is 0 Å². The second-order valence-electron chi connectivity index (χ2n) is 6.52. The van der Waals surface area contributed by atoms with E-state index in [1.165, 1.54) is 16.8 Å². The average molecular weight is 338 g/mol. The number of carbonyl (C=O) groups excluding carboxylic acids is 1. The maximum atomic E-state index is 12.4. The van der Waals surface area contributed by atoms with Crippen molar-refractivity contribution in [2.24, 2.45) is 0 Å². The molecule has 1 amide bonds. The molecule has 4 heteroatoms. The van der Waals surface area contributed by atoms with Crippen molar-refractivity contribution in [3.63, 3.8) is 0 Å². The Labute approximate surface area is 150 Å². The van der Waals surface area contributed by atoms with Gasteiger partial charge in [-0.25, -0.2) is 0 Å². The van der Waals surface area contributed by atoms with Crippen molar-refractivity contribution < 1.29 is 9.53 Å². The summed E-state index contributed by atoms with van der Waals surface area (Å²) in [5.74, 6) is 0.993. The first-order valence-corrected chi connectivity index (χ1v) is 8.92. The summed E-state index contributed by atoms with van der Waals surface area (Å²) in [5, 5.41) is 0. The van der Waals surface area contributed by atoms with Gasteiger partial charge in [-0.1, -0.05) is 36.4 Å². The molecule has 1 fully saturated rings. The summed E-state index contributed by atoms with van der Waals surface area (Å²) < 4.78 is 5.63. The van der Waals surface area contributed by atoms with Crippen LogP contribution >= 0.6 is 0 Å². The van der Waals surface area contributed by atoms with Gasteiger partial charge in [0.1, 0.15) is 5.75 Å². The van der Waals surface area contributed by atoms with E-state index in [1.807, 2.05) is 35.2 Å². The zero-order valence-electron chi connectivity index (χ0n) is 15.1. The molecule has 0 atom stereocenters. The van der Waals surface area contributed by atoms with Crippen LogP contribution in [0, 0.1) is 13.8 Å². The molecule has 2 aromatic carbocycles. The molecule has 4 nitrogen and oxygen atoms in total. The summed E-state index contributed by atoms with van der Waals surface area (Å²) in [7, 11) is 0. The predicted octanol–water partition coefficient (Wildman–Crippen LogP) is 3.42. The van der Waals surface area contributed by atoms with Gasteiger partial charge < -0.3 is 14.5 Å². The number of amides is 1. The number of hydrogen-bond donors (Lipinski definition) is 0. The number of nitrogens with zero attached hydrogens (tertiary/aromatic N) is 2. The summed E-state index contributed by atoms with van der Waals surface area (Å²) in [6.07, 6.45) is 0.429. The van der Waals surface area contributed by atoms with E-state index in [0.29, 0.717) is 13.0 Å². The highest BCUT2D eigenvalue weighted by molar-refractivity contribution is 5.76. The normalized spacial score (nSPS) is 14.5. The molecule has 0 aliphatic carbocycles. The number of ether oxygens (including phenoxy) is 1. The fraction of sp³-hybridized carbons (Fsp3) is 0.381. The molecular weight excluding hydrogens is 312 g/mol. The fourth-order valence-electron chi connectivity index (χ4n) is 3.41. The van der Waals surface area contributed by atoms with Crippen molar-refractivity contribution in [2.75, 3.05) is 37.7 Å². The summed E-state index contributed by atoms with van der Waals surface area (Å²) >= 11 is 0. The number of anilines is 1.